The number of hydrogen-bond donors (Lipinski definition) is 1. The first-order valence-corrected chi connectivity index (χ1v) is 10.6. The number of carbonyl (C=O) groups is 1. The van der Waals surface area contributed by atoms with Crippen molar-refractivity contribution in [1.29, 1.82) is 0 Å². The molecule has 0 atom stereocenters. The molecular formula is C21H27NO2S. The molecule has 2 aromatic rings. The van der Waals surface area contributed by atoms with Crippen LogP contribution in [0.4, 0.5) is 4.79 Å². The van der Waals surface area contributed by atoms with Gasteiger partial charge in [0.15, 0.2) is 5.06 Å². The van der Waals surface area contributed by atoms with Gasteiger partial charge in [-0.2, -0.15) is 0 Å². The number of carbonyl (C=O) groups excluding carboxylic acids is 1. The van der Waals surface area contributed by atoms with Crippen LogP contribution >= 0.6 is 11.3 Å². The summed E-state index contributed by atoms with van der Waals surface area (Å²) in [5, 5.41) is 4.88. The SMILES string of the molecule is O=C(NC1CCC(C2CCCCC2)CC1)Oc1cc2ccccc2s1. The smallest absolute Gasteiger partial charge is 0.399 e. The third-order valence-corrected chi connectivity index (χ3v) is 7.00. The van der Waals surface area contributed by atoms with Gasteiger partial charge in [0.05, 0.1) is 0 Å². The third kappa shape index (κ3) is 4.17. The predicted molar refractivity (Wildman–Crippen MR) is 103 cm³/mol. The van der Waals surface area contributed by atoms with Crippen LogP contribution in [-0.4, -0.2) is 12.1 Å². The second kappa shape index (κ2) is 7.77. The quantitative estimate of drug-likeness (QED) is 0.717. The summed E-state index contributed by atoms with van der Waals surface area (Å²) in [7, 11) is 0. The summed E-state index contributed by atoms with van der Waals surface area (Å²) >= 11 is 1.52. The summed E-state index contributed by atoms with van der Waals surface area (Å²) in [6.45, 7) is 0. The number of thiophene rings is 1. The highest BCUT2D eigenvalue weighted by Crippen LogP contribution is 2.38. The van der Waals surface area contributed by atoms with E-state index in [0.29, 0.717) is 5.06 Å². The topological polar surface area (TPSA) is 38.3 Å². The van der Waals surface area contributed by atoms with Gasteiger partial charge in [-0.1, -0.05) is 61.6 Å². The van der Waals surface area contributed by atoms with Gasteiger partial charge < -0.3 is 10.1 Å². The van der Waals surface area contributed by atoms with Crippen molar-refractivity contribution in [2.75, 3.05) is 0 Å². The lowest BCUT2D eigenvalue weighted by Gasteiger charge is -2.35. The Morgan fingerprint density at radius 1 is 0.960 bits per heavy atom. The summed E-state index contributed by atoms with van der Waals surface area (Å²) in [5.41, 5.74) is 0. The molecule has 2 fully saturated rings. The van der Waals surface area contributed by atoms with Gasteiger partial charge >= 0.3 is 6.09 Å². The molecule has 2 aliphatic carbocycles. The molecule has 0 spiro atoms. The molecule has 3 nitrogen and oxygen atoms in total. The maximum absolute atomic E-state index is 12.2. The monoisotopic (exact) mass is 357 g/mol. The van der Waals surface area contributed by atoms with E-state index in [2.05, 4.69) is 11.4 Å². The van der Waals surface area contributed by atoms with Crippen LogP contribution in [0.3, 0.4) is 0 Å². The Morgan fingerprint density at radius 3 is 2.44 bits per heavy atom. The third-order valence-electron chi connectivity index (χ3n) is 6.01. The van der Waals surface area contributed by atoms with E-state index in [9.17, 15) is 4.79 Å². The highest BCUT2D eigenvalue weighted by Gasteiger charge is 2.29. The van der Waals surface area contributed by atoms with Gasteiger partial charge in [-0.15, -0.1) is 0 Å². The molecule has 1 aromatic heterocycles. The van der Waals surface area contributed by atoms with Crippen LogP contribution in [-0.2, 0) is 0 Å². The average Bonchev–Trinajstić information content (AvgIpc) is 3.05. The number of fused-ring (bicyclic) bond motifs is 1. The lowest BCUT2D eigenvalue weighted by molar-refractivity contribution is 0.165. The lowest BCUT2D eigenvalue weighted by Crippen LogP contribution is -2.40. The van der Waals surface area contributed by atoms with Gasteiger partial charge in [-0.05, 0) is 49.0 Å². The number of nitrogens with one attached hydrogen (secondary N) is 1. The number of rotatable bonds is 3. The van der Waals surface area contributed by atoms with Crippen LogP contribution in [0.5, 0.6) is 5.06 Å². The van der Waals surface area contributed by atoms with E-state index in [1.807, 2.05) is 24.3 Å². The fraction of sp³-hybridized carbons (Fsp3) is 0.571. The summed E-state index contributed by atoms with van der Waals surface area (Å²) < 4.78 is 6.66. The van der Waals surface area contributed by atoms with Crippen LogP contribution in [0.15, 0.2) is 30.3 Å². The van der Waals surface area contributed by atoms with Crippen molar-refractivity contribution in [3.63, 3.8) is 0 Å². The normalized spacial score (nSPS) is 25.0. The van der Waals surface area contributed by atoms with Gasteiger partial charge in [0.2, 0.25) is 0 Å². The van der Waals surface area contributed by atoms with Crippen molar-refractivity contribution in [2.24, 2.45) is 11.8 Å². The molecule has 2 saturated carbocycles. The molecule has 0 aliphatic heterocycles. The molecule has 1 N–H and O–H groups in total. The first-order chi connectivity index (χ1) is 12.3. The first kappa shape index (κ1) is 16.9. The van der Waals surface area contributed by atoms with Crippen LogP contribution in [0.25, 0.3) is 10.1 Å². The van der Waals surface area contributed by atoms with Crippen molar-refractivity contribution in [3.05, 3.63) is 30.3 Å². The minimum Gasteiger partial charge on any atom is -0.399 e. The molecule has 1 aromatic carbocycles. The van der Waals surface area contributed by atoms with Gasteiger partial charge in [0.1, 0.15) is 0 Å². The molecule has 4 heteroatoms. The Labute approximate surface area is 153 Å². The summed E-state index contributed by atoms with van der Waals surface area (Å²) in [6, 6.07) is 10.3. The zero-order chi connectivity index (χ0) is 17.1. The molecular weight excluding hydrogens is 330 g/mol. The summed E-state index contributed by atoms with van der Waals surface area (Å²) in [6.07, 6.45) is 11.6. The molecule has 1 heterocycles. The van der Waals surface area contributed by atoms with Crippen molar-refractivity contribution in [2.45, 2.75) is 63.8 Å². The first-order valence-electron chi connectivity index (χ1n) is 9.75. The molecule has 2 aliphatic rings. The Balaban J connectivity index is 1.25. The fourth-order valence-electron chi connectivity index (χ4n) is 4.64. The van der Waals surface area contributed by atoms with E-state index in [0.717, 1.165) is 34.8 Å². The fourth-order valence-corrected chi connectivity index (χ4v) is 5.55. The van der Waals surface area contributed by atoms with Crippen molar-refractivity contribution in [3.8, 4) is 5.06 Å². The minimum absolute atomic E-state index is 0.279. The predicted octanol–water partition coefficient (Wildman–Crippen LogP) is 6.13. The maximum atomic E-state index is 12.2. The molecule has 0 saturated heterocycles. The highest BCUT2D eigenvalue weighted by atomic mass is 32.1. The van der Waals surface area contributed by atoms with Gasteiger partial charge in [0.25, 0.3) is 0 Å². The Bertz CT molecular complexity index is 679. The number of hydrogen-bond acceptors (Lipinski definition) is 3. The number of ether oxygens (including phenoxy) is 1. The molecule has 1 amide bonds. The minimum atomic E-state index is -0.298. The van der Waals surface area contributed by atoms with Crippen molar-refractivity contribution >= 4 is 27.5 Å². The average molecular weight is 358 g/mol. The van der Waals surface area contributed by atoms with Crippen LogP contribution in [0.2, 0.25) is 0 Å². The van der Waals surface area contributed by atoms with Gasteiger partial charge in [0, 0.05) is 16.8 Å². The van der Waals surface area contributed by atoms with Crippen LogP contribution in [0.1, 0.15) is 57.8 Å². The zero-order valence-electron chi connectivity index (χ0n) is 14.7. The van der Waals surface area contributed by atoms with E-state index < -0.39 is 0 Å². The molecule has 0 bridgehead atoms. The molecule has 0 unspecified atom stereocenters. The number of benzene rings is 1. The van der Waals surface area contributed by atoms with E-state index in [4.69, 9.17) is 4.74 Å². The summed E-state index contributed by atoms with van der Waals surface area (Å²) in [5.74, 6) is 1.83. The van der Waals surface area contributed by atoms with Crippen molar-refractivity contribution in [1.82, 2.24) is 5.32 Å². The van der Waals surface area contributed by atoms with E-state index in [-0.39, 0.29) is 12.1 Å². The van der Waals surface area contributed by atoms with Crippen LogP contribution < -0.4 is 10.1 Å². The van der Waals surface area contributed by atoms with Gasteiger partial charge in [-0.25, -0.2) is 4.79 Å². The molecule has 0 radical (unpaired) electrons. The van der Waals surface area contributed by atoms with E-state index in [1.165, 1.54) is 56.3 Å². The molecule has 134 valence electrons. The van der Waals surface area contributed by atoms with Gasteiger partial charge in [-0.3, -0.25) is 0 Å². The lowest BCUT2D eigenvalue weighted by atomic mass is 9.72. The second-order valence-corrected chi connectivity index (χ2v) is 8.69. The van der Waals surface area contributed by atoms with E-state index in [1.54, 1.807) is 0 Å². The largest absolute Gasteiger partial charge is 0.413 e. The van der Waals surface area contributed by atoms with Crippen molar-refractivity contribution < 1.29 is 9.53 Å². The maximum Gasteiger partial charge on any atom is 0.413 e. The second-order valence-electron chi connectivity index (χ2n) is 7.65. The van der Waals surface area contributed by atoms with Crippen LogP contribution in [0, 0.1) is 11.8 Å². The number of amides is 1. The Morgan fingerprint density at radius 2 is 1.68 bits per heavy atom. The zero-order valence-corrected chi connectivity index (χ0v) is 15.5. The Kier molecular flexibility index (Phi) is 5.25. The summed E-state index contributed by atoms with van der Waals surface area (Å²) in [4.78, 5) is 12.2. The molecule has 4 rings (SSSR count). The highest BCUT2D eigenvalue weighted by molar-refractivity contribution is 7.20. The standard InChI is InChI=1S/C21H27NO2S/c23-21(24-20-14-17-8-4-5-9-19(17)25-20)22-18-12-10-16(11-13-18)15-6-2-1-3-7-15/h4-5,8-9,14-16,18H,1-3,6-7,10-13H2,(H,22,23). The van der Waals surface area contributed by atoms with E-state index >= 15 is 0 Å². The molecule has 25 heavy (non-hydrogen) atoms. The Hall–Kier alpha value is -1.55.